The van der Waals surface area contributed by atoms with Gasteiger partial charge in [0.1, 0.15) is 0 Å². The van der Waals surface area contributed by atoms with Crippen molar-refractivity contribution in [3.05, 3.63) is 78.8 Å². The predicted octanol–water partition coefficient (Wildman–Crippen LogP) is 3.11. The molecule has 0 spiro atoms. The van der Waals surface area contributed by atoms with E-state index in [1.165, 1.54) is 0 Å². The Morgan fingerprint density at radius 3 is 2.65 bits per heavy atom. The Balaban J connectivity index is 1.46. The van der Waals surface area contributed by atoms with Gasteiger partial charge in [0.2, 0.25) is 0 Å². The molecule has 4 aromatic rings. The van der Waals surface area contributed by atoms with Gasteiger partial charge in [-0.25, -0.2) is 14.3 Å². The summed E-state index contributed by atoms with van der Waals surface area (Å²) >= 11 is 0. The Labute approximate surface area is 149 Å². The summed E-state index contributed by atoms with van der Waals surface area (Å²) in [6.45, 7) is 0.430. The quantitative estimate of drug-likeness (QED) is 0.596. The zero-order valence-electron chi connectivity index (χ0n) is 13.8. The summed E-state index contributed by atoms with van der Waals surface area (Å²) in [6.07, 6.45) is 5.16. The molecule has 0 saturated heterocycles. The number of amides is 2. The van der Waals surface area contributed by atoms with Crippen molar-refractivity contribution in [1.29, 1.82) is 0 Å². The van der Waals surface area contributed by atoms with E-state index in [0.717, 1.165) is 11.1 Å². The molecule has 26 heavy (non-hydrogen) atoms. The zero-order chi connectivity index (χ0) is 17.8. The molecule has 3 heterocycles. The Hall–Kier alpha value is -3.74. The van der Waals surface area contributed by atoms with Gasteiger partial charge in [-0.2, -0.15) is 0 Å². The van der Waals surface area contributed by atoms with E-state index >= 15 is 0 Å². The summed E-state index contributed by atoms with van der Waals surface area (Å²) in [5.41, 5.74) is 3.24. The van der Waals surface area contributed by atoms with E-state index < -0.39 is 0 Å². The number of rotatable bonds is 4. The van der Waals surface area contributed by atoms with Crippen molar-refractivity contribution in [3.63, 3.8) is 0 Å². The van der Waals surface area contributed by atoms with E-state index in [-0.39, 0.29) is 6.03 Å². The zero-order valence-corrected chi connectivity index (χ0v) is 13.8. The Morgan fingerprint density at radius 2 is 1.85 bits per heavy atom. The topological polar surface area (TPSA) is 84.2 Å². The van der Waals surface area contributed by atoms with E-state index in [1.54, 1.807) is 35.2 Å². The van der Waals surface area contributed by atoms with Crippen molar-refractivity contribution in [3.8, 4) is 11.4 Å². The molecule has 0 atom stereocenters. The van der Waals surface area contributed by atoms with Gasteiger partial charge in [0, 0.05) is 42.5 Å². The van der Waals surface area contributed by atoms with Crippen LogP contribution in [0.3, 0.4) is 0 Å². The molecule has 4 rings (SSSR count). The highest BCUT2D eigenvalue weighted by Gasteiger charge is 2.08. The monoisotopic (exact) mass is 344 g/mol. The smallest absolute Gasteiger partial charge is 0.319 e. The van der Waals surface area contributed by atoms with Crippen LogP contribution in [0.4, 0.5) is 10.5 Å². The number of nitrogens with zero attached hydrogens (tertiary/aromatic N) is 4. The van der Waals surface area contributed by atoms with Gasteiger partial charge in [-0.15, -0.1) is 5.10 Å². The molecule has 0 aliphatic heterocycles. The summed E-state index contributed by atoms with van der Waals surface area (Å²) in [6, 6.07) is 16.7. The van der Waals surface area contributed by atoms with E-state index in [4.69, 9.17) is 0 Å². The molecule has 3 aromatic heterocycles. The van der Waals surface area contributed by atoms with Crippen molar-refractivity contribution >= 4 is 17.4 Å². The number of anilines is 1. The first kappa shape index (κ1) is 15.8. The third-order valence-corrected chi connectivity index (χ3v) is 3.83. The standard InChI is InChI=1S/C19H16N6O/c26-19(21-13-14-6-9-20-10-7-14)22-16-8-11-25-17(12-16)23-18(24-25)15-4-2-1-3-5-15/h1-12H,13H2,(H2,21,22,26). The van der Waals surface area contributed by atoms with Crippen molar-refractivity contribution in [2.24, 2.45) is 0 Å². The number of carbonyl (C=O) groups is 1. The average molecular weight is 344 g/mol. The number of urea groups is 1. The largest absolute Gasteiger partial charge is 0.334 e. The molecular weight excluding hydrogens is 328 g/mol. The fourth-order valence-corrected chi connectivity index (χ4v) is 2.53. The lowest BCUT2D eigenvalue weighted by Gasteiger charge is -2.07. The lowest BCUT2D eigenvalue weighted by molar-refractivity contribution is 0.251. The number of carbonyl (C=O) groups excluding carboxylic acids is 1. The highest BCUT2D eigenvalue weighted by atomic mass is 16.2. The van der Waals surface area contributed by atoms with Crippen LogP contribution in [0.1, 0.15) is 5.56 Å². The van der Waals surface area contributed by atoms with Gasteiger partial charge in [-0.3, -0.25) is 4.98 Å². The van der Waals surface area contributed by atoms with Crippen molar-refractivity contribution in [1.82, 2.24) is 24.9 Å². The Morgan fingerprint density at radius 1 is 1.04 bits per heavy atom. The predicted molar refractivity (Wildman–Crippen MR) is 98.5 cm³/mol. The van der Waals surface area contributed by atoms with Gasteiger partial charge in [0.25, 0.3) is 0 Å². The van der Waals surface area contributed by atoms with Crippen LogP contribution in [0.25, 0.3) is 17.0 Å². The molecule has 0 radical (unpaired) electrons. The van der Waals surface area contributed by atoms with Crippen LogP contribution < -0.4 is 10.6 Å². The molecule has 0 saturated carbocycles. The Bertz CT molecular complexity index is 1030. The normalized spacial score (nSPS) is 10.6. The number of aromatic nitrogens is 4. The highest BCUT2D eigenvalue weighted by Crippen LogP contribution is 2.17. The lowest BCUT2D eigenvalue weighted by atomic mass is 10.2. The van der Waals surface area contributed by atoms with Crippen LogP contribution in [0, 0.1) is 0 Å². The summed E-state index contributed by atoms with van der Waals surface area (Å²) in [7, 11) is 0. The van der Waals surface area contributed by atoms with Crippen LogP contribution in [0.5, 0.6) is 0 Å². The first-order valence-corrected chi connectivity index (χ1v) is 8.13. The van der Waals surface area contributed by atoms with Crippen LogP contribution in [0.15, 0.2) is 73.2 Å². The minimum Gasteiger partial charge on any atom is -0.334 e. The van der Waals surface area contributed by atoms with E-state index in [1.807, 2.05) is 42.5 Å². The maximum Gasteiger partial charge on any atom is 0.319 e. The molecule has 0 bridgehead atoms. The fourth-order valence-electron chi connectivity index (χ4n) is 2.53. The summed E-state index contributed by atoms with van der Waals surface area (Å²) in [4.78, 5) is 20.5. The number of nitrogens with one attached hydrogen (secondary N) is 2. The first-order valence-electron chi connectivity index (χ1n) is 8.13. The second-order valence-electron chi connectivity index (χ2n) is 5.68. The molecule has 0 unspecified atom stereocenters. The molecule has 1 aromatic carbocycles. The van der Waals surface area contributed by atoms with Crippen LogP contribution in [-0.4, -0.2) is 25.6 Å². The maximum atomic E-state index is 12.1. The number of pyridine rings is 2. The maximum absolute atomic E-state index is 12.1. The molecule has 2 amide bonds. The molecule has 128 valence electrons. The number of hydrogen-bond donors (Lipinski definition) is 2. The second-order valence-corrected chi connectivity index (χ2v) is 5.68. The Kier molecular flexibility index (Phi) is 4.26. The highest BCUT2D eigenvalue weighted by molar-refractivity contribution is 5.89. The third kappa shape index (κ3) is 3.51. The van der Waals surface area contributed by atoms with Crippen molar-refractivity contribution in [2.75, 3.05) is 5.32 Å². The summed E-state index contributed by atoms with van der Waals surface area (Å²) < 4.78 is 1.68. The molecular formula is C19H16N6O. The van der Waals surface area contributed by atoms with Crippen molar-refractivity contribution in [2.45, 2.75) is 6.54 Å². The van der Waals surface area contributed by atoms with Crippen LogP contribution in [0.2, 0.25) is 0 Å². The van der Waals surface area contributed by atoms with Gasteiger partial charge < -0.3 is 10.6 Å². The number of hydrogen-bond acceptors (Lipinski definition) is 4. The molecule has 0 fully saturated rings. The minimum absolute atomic E-state index is 0.283. The van der Waals surface area contributed by atoms with E-state index in [0.29, 0.717) is 23.7 Å². The molecule has 2 N–H and O–H groups in total. The van der Waals surface area contributed by atoms with Gasteiger partial charge in [-0.1, -0.05) is 30.3 Å². The van der Waals surface area contributed by atoms with Crippen LogP contribution >= 0.6 is 0 Å². The number of fused-ring (bicyclic) bond motifs is 1. The first-order chi connectivity index (χ1) is 12.8. The van der Waals surface area contributed by atoms with Gasteiger partial charge in [0.15, 0.2) is 11.5 Å². The third-order valence-electron chi connectivity index (χ3n) is 3.83. The average Bonchev–Trinajstić information content (AvgIpc) is 3.11. The van der Waals surface area contributed by atoms with E-state index in [9.17, 15) is 4.79 Å². The summed E-state index contributed by atoms with van der Waals surface area (Å²) in [5, 5.41) is 10.1. The van der Waals surface area contributed by atoms with Crippen LogP contribution in [-0.2, 0) is 6.54 Å². The number of benzene rings is 1. The lowest BCUT2D eigenvalue weighted by Crippen LogP contribution is -2.28. The van der Waals surface area contributed by atoms with Gasteiger partial charge in [-0.05, 0) is 23.8 Å². The molecule has 7 nitrogen and oxygen atoms in total. The van der Waals surface area contributed by atoms with Gasteiger partial charge in [0.05, 0.1) is 0 Å². The molecule has 7 heteroatoms. The fraction of sp³-hybridized carbons (Fsp3) is 0.0526. The second kappa shape index (κ2) is 7.02. The molecule has 0 aliphatic carbocycles. The summed E-state index contributed by atoms with van der Waals surface area (Å²) in [5.74, 6) is 0.643. The van der Waals surface area contributed by atoms with E-state index in [2.05, 4.69) is 25.7 Å². The SMILES string of the molecule is O=C(NCc1ccncc1)Nc1ccn2nc(-c3ccccc3)nc2c1. The van der Waals surface area contributed by atoms with Gasteiger partial charge >= 0.3 is 6.03 Å². The molecule has 0 aliphatic rings. The minimum atomic E-state index is -0.283. The van der Waals surface area contributed by atoms with Crippen molar-refractivity contribution < 1.29 is 4.79 Å².